The molecule has 0 spiro atoms. The van der Waals surface area contributed by atoms with Gasteiger partial charge >= 0.3 is 0 Å². The molecule has 2 aromatic carbocycles. The molecule has 0 bridgehead atoms. The van der Waals surface area contributed by atoms with Crippen molar-refractivity contribution in [3.63, 3.8) is 0 Å². The lowest BCUT2D eigenvalue weighted by Gasteiger charge is -2.08. The fourth-order valence-electron chi connectivity index (χ4n) is 2.46. The molecule has 28 heavy (non-hydrogen) atoms. The number of hydrogen-bond donors (Lipinski definition) is 1. The fourth-order valence-corrected chi connectivity index (χ4v) is 3.94. The Kier molecular flexibility index (Phi) is 6.78. The number of rotatable bonds is 8. The number of thioether (sulfide) groups is 1. The highest BCUT2D eigenvalue weighted by Crippen LogP contribution is 2.35. The summed E-state index contributed by atoms with van der Waals surface area (Å²) in [7, 11) is 4.84. The maximum Gasteiger partial charge on any atom is 0.236 e. The Balaban J connectivity index is 1.65. The largest absolute Gasteiger partial charge is 0.497 e. The number of nitrogens with zero attached hydrogens (tertiary/aromatic N) is 1. The van der Waals surface area contributed by atoms with Gasteiger partial charge in [0.25, 0.3) is 0 Å². The molecular formula is C20H20N2O4S2. The molecule has 0 aliphatic carbocycles. The highest BCUT2D eigenvalue weighted by Gasteiger charge is 2.13. The van der Waals surface area contributed by atoms with Gasteiger partial charge in [0.05, 0.1) is 32.8 Å². The molecule has 0 saturated carbocycles. The Hall–Kier alpha value is -2.71. The molecule has 3 rings (SSSR count). The van der Waals surface area contributed by atoms with Crippen molar-refractivity contribution in [3.8, 4) is 28.5 Å². The number of hydrogen-bond acceptors (Lipinski definition) is 7. The number of aromatic nitrogens is 1. The van der Waals surface area contributed by atoms with Gasteiger partial charge in [-0.2, -0.15) is 0 Å². The lowest BCUT2D eigenvalue weighted by molar-refractivity contribution is -0.113. The van der Waals surface area contributed by atoms with E-state index in [1.807, 2.05) is 47.8 Å². The summed E-state index contributed by atoms with van der Waals surface area (Å²) in [6.45, 7) is 0. The third-order valence-electron chi connectivity index (χ3n) is 3.84. The van der Waals surface area contributed by atoms with E-state index in [2.05, 4.69) is 10.3 Å². The van der Waals surface area contributed by atoms with Gasteiger partial charge in [-0.15, -0.1) is 23.1 Å². The smallest absolute Gasteiger partial charge is 0.236 e. The van der Waals surface area contributed by atoms with Crippen LogP contribution < -0.4 is 19.5 Å². The Morgan fingerprint density at radius 3 is 2.61 bits per heavy atom. The fraction of sp³-hybridized carbons (Fsp3) is 0.200. The monoisotopic (exact) mass is 416 g/mol. The molecule has 0 aliphatic heterocycles. The molecule has 3 aromatic rings. The maximum absolute atomic E-state index is 12.3. The summed E-state index contributed by atoms with van der Waals surface area (Å²) in [5.41, 5.74) is 1.53. The minimum absolute atomic E-state index is 0.119. The van der Waals surface area contributed by atoms with E-state index in [-0.39, 0.29) is 11.7 Å². The van der Waals surface area contributed by atoms with E-state index < -0.39 is 0 Å². The van der Waals surface area contributed by atoms with Gasteiger partial charge in [0.2, 0.25) is 5.91 Å². The SMILES string of the molecule is COc1cccc(SCC(=O)Nc2nc(-c3cc(OC)ccc3OC)cs2)c1. The zero-order chi connectivity index (χ0) is 19.9. The molecule has 0 aliphatic rings. The molecule has 6 nitrogen and oxygen atoms in total. The molecule has 0 unspecified atom stereocenters. The van der Waals surface area contributed by atoms with E-state index in [0.29, 0.717) is 16.6 Å². The third-order valence-corrected chi connectivity index (χ3v) is 5.60. The summed E-state index contributed by atoms with van der Waals surface area (Å²) in [5, 5.41) is 5.26. The van der Waals surface area contributed by atoms with Crippen molar-refractivity contribution >= 4 is 34.1 Å². The number of thiazole rings is 1. The van der Waals surface area contributed by atoms with Gasteiger partial charge in [0.15, 0.2) is 5.13 Å². The number of benzene rings is 2. The molecule has 1 amide bonds. The zero-order valence-corrected chi connectivity index (χ0v) is 17.4. The van der Waals surface area contributed by atoms with Crippen molar-refractivity contribution in [1.29, 1.82) is 0 Å². The first-order valence-electron chi connectivity index (χ1n) is 8.37. The van der Waals surface area contributed by atoms with Crippen molar-refractivity contribution < 1.29 is 19.0 Å². The van der Waals surface area contributed by atoms with Gasteiger partial charge in [-0.25, -0.2) is 4.98 Å². The van der Waals surface area contributed by atoms with Gasteiger partial charge in [0.1, 0.15) is 17.2 Å². The number of carbonyl (C=O) groups excluding carboxylic acids is 1. The van der Waals surface area contributed by atoms with Crippen LogP contribution in [-0.4, -0.2) is 38.0 Å². The van der Waals surface area contributed by atoms with Crippen LogP contribution in [0.25, 0.3) is 11.3 Å². The first-order chi connectivity index (χ1) is 13.6. The molecule has 8 heteroatoms. The number of anilines is 1. The molecule has 0 radical (unpaired) electrons. The van der Waals surface area contributed by atoms with Crippen LogP contribution in [0.15, 0.2) is 52.7 Å². The summed E-state index contributed by atoms with van der Waals surface area (Å²) < 4.78 is 15.9. The van der Waals surface area contributed by atoms with E-state index in [1.54, 1.807) is 21.3 Å². The Morgan fingerprint density at radius 2 is 1.86 bits per heavy atom. The zero-order valence-electron chi connectivity index (χ0n) is 15.7. The standard InChI is InChI=1S/C20H20N2O4S2/c1-24-13-5-4-6-15(9-13)27-12-19(23)22-20-21-17(11-28-20)16-10-14(25-2)7-8-18(16)26-3/h4-11H,12H2,1-3H3,(H,21,22,23). The average molecular weight is 417 g/mol. The van der Waals surface area contributed by atoms with Crippen LogP contribution in [-0.2, 0) is 4.79 Å². The van der Waals surface area contributed by atoms with Crippen LogP contribution in [0, 0.1) is 0 Å². The van der Waals surface area contributed by atoms with Gasteiger partial charge < -0.3 is 19.5 Å². The van der Waals surface area contributed by atoms with Crippen LogP contribution in [0.3, 0.4) is 0 Å². The van der Waals surface area contributed by atoms with E-state index >= 15 is 0 Å². The van der Waals surface area contributed by atoms with Crippen molar-refractivity contribution in [2.45, 2.75) is 4.90 Å². The van der Waals surface area contributed by atoms with Crippen molar-refractivity contribution in [1.82, 2.24) is 4.98 Å². The van der Waals surface area contributed by atoms with Crippen LogP contribution >= 0.6 is 23.1 Å². The quantitative estimate of drug-likeness (QED) is 0.543. The van der Waals surface area contributed by atoms with Gasteiger partial charge in [-0.3, -0.25) is 4.79 Å². The summed E-state index contributed by atoms with van der Waals surface area (Å²) in [6, 6.07) is 13.1. The molecular weight excluding hydrogens is 396 g/mol. The number of amides is 1. The van der Waals surface area contributed by atoms with E-state index in [9.17, 15) is 4.79 Å². The Bertz CT molecular complexity index is 959. The summed E-state index contributed by atoms with van der Waals surface area (Å²) >= 11 is 2.80. The maximum atomic E-state index is 12.3. The average Bonchev–Trinajstić information content (AvgIpc) is 3.20. The highest BCUT2D eigenvalue weighted by atomic mass is 32.2. The van der Waals surface area contributed by atoms with Gasteiger partial charge in [-0.1, -0.05) is 6.07 Å². The molecule has 1 aromatic heterocycles. The molecule has 0 saturated heterocycles. The minimum atomic E-state index is -0.119. The Labute approximate surface area is 171 Å². The minimum Gasteiger partial charge on any atom is -0.497 e. The summed E-state index contributed by atoms with van der Waals surface area (Å²) in [5.74, 6) is 2.33. The molecule has 0 fully saturated rings. The van der Waals surface area contributed by atoms with E-state index in [1.165, 1.54) is 23.1 Å². The first kappa shape index (κ1) is 20.0. The summed E-state index contributed by atoms with van der Waals surface area (Å²) in [4.78, 5) is 17.7. The van der Waals surface area contributed by atoms with E-state index in [4.69, 9.17) is 14.2 Å². The number of nitrogens with one attached hydrogen (secondary N) is 1. The number of methoxy groups -OCH3 is 3. The predicted octanol–water partition coefficient (Wildman–Crippen LogP) is 4.57. The lowest BCUT2D eigenvalue weighted by atomic mass is 10.1. The van der Waals surface area contributed by atoms with Crippen LogP contribution in [0.5, 0.6) is 17.2 Å². The van der Waals surface area contributed by atoms with Crippen molar-refractivity contribution in [3.05, 3.63) is 47.8 Å². The molecule has 0 atom stereocenters. The normalized spacial score (nSPS) is 10.4. The van der Waals surface area contributed by atoms with Crippen molar-refractivity contribution in [2.75, 3.05) is 32.4 Å². The van der Waals surface area contributed by atoms with Gasteiger partial charge in [0, 0.05) is 15.8 Å². The first-order valence-corrected chi connectivity index (χ1v) is 10.2. The Morgan fingerprint density at radius 1 is 1.07 bits per heavy atom. The van der Waals surface area contributed by atoms with E-state index in [0.717, 1.165) is 21.9 Å². The van der Waals surface area contributed by atoms with Crippen LogP contribution in [0.1, 0.15) is 0 Å². The third kappa shape index (κ3) is 4.96. The topological polar surface area (TPSA) is 69.7 Å². The second-order valence-electron chi connectivity index (χ2n) is 5.62. The molecule has 1 N–H and O–H groups in total. The highest BCUT2D eigenvalue weighted by molar-refractivity contribution is 8.00. The van der Waals surface area contributed by atoms with Crippen LogP contribution in [0.4, 0.5) is 5.13 Å². The second-order valence-corrected chi connectivity index (χ2v) is 7.53. The van der Waals surface area contributed by atoms with Crippen LogP contribution in [0.2, 0.25) is 0 Å². The predicted molar refractivity (Wildman–Crippen MR) is 113 cm³/mol. The number of carbonyl (C=O) groups is 1. The molecule has 146 valence electrons. The second kappa shape index (κ2) is 9.48. The van der Waals surface area contributed by atoms with Gasteiger partial charge in [-0.05, 0) is 36.4 Å². The molecule has 1 heterocycles. The number of ether oxygens (including phenoxy) is 3. The van der Waals surface area contributed by atoms with Crippen molar-refractivity contribution in [2.24, 2.45) is 0 Å². The lowest BCUT2D eigenvalue weighted by Crippen LogP contribution is -2.13. The summed E-state index contributed by atoms with van der Waals surface area (Å²) in [6.07, 6.45) is 0.